The van der Waals surface area contributed by atoms with Gasteiger partial charge in [0.15, 0.2) is 0 Å². The van der Waals surface area contributed by atoms with Crippen molar-refractivity contribution >= 4 is 70.8 Å². The first-order chi connectivity index (χ1) is 19.7. The second-order valence-corrected chi connectivity index (χ2v) is 12.6. The van der Waals surface area contributed by atoms with E-state index < -0.39 is 5.60 Å². The lowest BCUT2D eigenvalue weighted by atomic mass is 10.0. The van der Waals surface area contributed by atoms with Crippen molar-refractivity contribution in [2.75, 3.05) is 6.26 Å². The smallest absolute Gasteiger partial charge is 0.0563 e. The summed E-state index contributed by atoms with van der Waals surface area (Å²) in [5.41, 5.74) is 6.44. The highest BCUT2D eigenvalue weighted by molar-refractivity contribution is 7.96. The first-order valence-corrected chi connectivity index (χ1v) is 15.7. The van der Waals surface area contributed by atoms with Crippen molar-refractivity contribution in [3.63, 3.8) is 0 Å². The lowest BCUT2D eigenvalue weighted by Crippen LogP contribution is -2.10. The number of nitrogens with one attached hydrogen (secondary N) is 1. The van der Waals surface area contributed by atoms with Crippen molar-refractivity contribution in [3.8, 4) is 5.69 Å². The molecule has 3 nitrogen and oxygen atoms in total. The van der Waals surface area contributed by atoms with Gasteiger partial charge in [-0.2, -0.15) is 0 Å². The maximum Gasteiger partial charge on any atom is 0.0563 e. The van der Waals surface area contributed by atoms with E-state index in [2.05, 4.69) is 120 Å². The van der Waals surface area contributed by atoms with Gasteiger partial charge in [-0.1, -0.05) is 73.1 Å². The molecule has 0 atom stereocenters. The molecule has 2 heterocycles. The van der Waals surface area contributed by atoms with Crippen molar-refractivity contribution < 1.29 is 5.11 Å². The lowest BCUT2D eigenvalue weighted by molar-refractivity contribution is 0.102. The summed E-state index contributed by atoms with van der Waals surface area (Å²) in [4.78, 5) is 0. The number of aromatic nitrogens is 1. The number of nitrogens with zero attached hydrogens (tertiary/aromatic N) is 1. The Labute approximate surface area is 250 Å². The molecule has 0 radical (unpaired) electrons. The number of rotatable bonds is 6. The van der Waals surface area contributed by atoms with Crippen LogP contribution in [0.15, 0.2) is 115 Å². The number of para-hydroxylation sites is 1. The van der Waals surface area contributed by atoms with Crippen LogP contribution in [0.1, 0.15) is 33.3 Å². The van der Waals surface area contributed by atoms with Gasteiger partial charge in [-0.15, -0.1) is 11.3 Å². The quantitative estimate of drug-likeness (QED) is 0.153. The van der Waals surface area contributed by atoms with Crippen molar-refractivity contribution in [2.45, 2.75) is 33.3 Å². The second kappa shape index (κ2) is 12.0. The molecule has 0 amide bonds. The van der Waals surface area contributed by atoms with E-state index in [9.17, 15) is 0 Å². The second-order valence-electron chi connectivity index (χ2n) is 10.9. The summed E-state index contributed by atoms with van der Waals surface area (Å²) < 4.78 is 8.36. The van der Waals surface area contributed by atoms with Crippen LogP contribution in [-0.4, -0.2) is 21.5 Å². The van der Waals surface area contributed by atoms with Crippen LogP contribution in [0.4, 0.5) is 0 Å². The Morgan fingerprint density at radius 1 is 0.854 bits per heavy atom. The van der Waals surface area contributed by atoms with Gasteiger partial charge in [0.1, 0.15) is 0 Å². The Morgan fingerprint density at radius 2 is 1.51 bits per heavy atom. The molecule has 0 bridgehead atoms. The third-order valence-corrected chi connectivity index (χ3v) is 8.28. The number of hydrogen-bond acceptors (Lipinski definition) is 4. The summed E-state index contributed by atoms with van der Waals surface area (Å²) in [7, 11) is 0. The van der Waals surface area contributed by atoms with E-state index in [0.717, 1.165) is 11.3 Å². The van der Waals surface area contributed by atoms with E-state index in [-0.39, 0.29) is 0 Å². The van der Waals surface area contributed by atoms with Crippen molar-refractivity contribution in [2.24, 2.45) is 0 Å². The number of hydrogen-bond donors (Lipinski definition) is 2. The third kappa shape index (κ3) is 6.13. The zero-order chi connectivity index (χ0) is 29.1. The fraction of sp³-hybridized carbons (Fsp3) is 0.167. The van der Waals surface area contributed by atoms with Crippen LogP contribution in [0.2, 0.25) is 0 Å². The van der Waals surface area contributed by atoms with Gasteiger partial charge in [-0.25, -0.2) is 0 Å². The van der Waals surface area contributed by atoms with Crippen LogP contribution in [0.3, 0.4) is 0 Å². The van der Waals surface area contributed by atoms with E-state index >= 15 is 0 Å². The molecule has 6 rings (SSSR count). The fourth-order valence-corrected chi connectivity index (χ4v) is 6.49. The van der Waals surface area contributed by atoms with Gasteiger partial charge in [0.05, 0.1) is 16.6 Å². The van der Waals surface area contributed by atoms with E-state index in [4.69, 9.17) is 5.11 Å². The molecule has 0 spiro atoms. The fourth-order valence-electron chi connectivity index (χ4n) is 5.03. The van der Waals surface area contributed by atoms with Gasteiger partial charge in [-0.3, -0.25) is 0 Å². The van der Waals surface area contributed by atoms with Gasteiger partial charge >= 0.3 is 0 Å². The predicted octanol–water partition coefficient (Wildman–Crippen LogP) is 10.3. The Morgan fingerprint density at radius 3 is 2.22 bits per heavy atom. The Kier molecular flexibility index (Phi) is 8.41. The number of aliphatic hydroxyl groups is 1. The minimum Gasteiger partial charge on any atom is -0.391 e. The molecule has 4 aromatic carbocycles. The zero-order valence-corrected chi connectivity index (χ0v) is 25.9. The first-order valence-electron chi connectivity index (χ1n) is 13.7. The average molecular weight is 577 g/mol. The Bertz CT molecular complexity index is 1930. The summed E-state index contributed by atoms with van der Waals surface area (Å²) in [5, 5.41) is 13.7. The monoisotopic (exact) mass is 576 g/mol. The number of fused-ring (bicyclic) bond motifs is 6. The molecule has 0 saturated heterocycles. The van der Waals surface area contributed by atoms with E-state index in [1.54, 1.807) is 32.7 Å². The first kappa shape index (κ1) is 28.7. The normalized spacial score (nSPS) is 12.6. The maximum atomic E-state index is 8.52. The molecule has 0 aliphatic carbocycles. The molecule has 2 N–H and O–H groups in total. The topological polar surface area (TPSA) is 37.2 Å². The van der Waals surface area contributed by atoms with Crippen molar-refractivity contribution in [1.29, 1.82) is 0 Å². The molecular formula is C36H36N2OS2. The van der Waals surface area contributed by atoms with Gasteiger partial charge in [-0.05, 0) is 87.4 Å². The highest BCUT2D eigenvalue weighted by Gasteiger charge is 2.15. The van der Waals surface area contributed by atoms with Crippen molar-refractivity contribution in [3.05, 3.63) is 121 Å². The molecule has 2 aromatic heterocycles. The molecule has 0 saturated carbocycles. The molecule has 0 unspecified atom stereocenters. The SMILES string of the molecule is C=C/C(=C\C(=C/C)c1ccc2c3ccccc3n(-c3ccc4sc5ccccc5c4c3)c2c1)NSC.CC(C)(C)O. The predicted molar refractivity (Wildman–Crippen MR) is 184 cm³/mol. The van der Waals surface area contributed by atoms with E-state index in [1.807, 2.05) is 23.7 Å². The summed E-state index contributed by atoms with van der Waals surface area (Å²) in [6, 6.07) is 31.1. The third-order valence-electron chi connectivity index (χ3n) is 6.69. The minimum absolute atomic E-state index is 0.500. The number of benzene rings is 4. The van der Waals surface area contributed by atoms with Crippen LogP contribution >= 0.6 is 23.3 Å². The maximum absolute atomic E-state index is 8.52. The lowest BCUT2D eigenvalue weighted by Gasteiger charge is -2.11. The molecule has 208 valence electrons. The summed E-state index contributed by atoms with van der Waals surface area (Å²) >= 11 is 3.43. The largest absolute Gasteiger partial charge is 0.391 e. The molecule has 5 heteroatoms. The Balaban J connectivity index is 0.000000623. The number of allylic oxidation sites excluding steroid dienone is 4. The summed E-state index contributed by atoms with van der Waals surface area (Å²) in [6.45, 7) is 11.3. The summed E-state index contributed by atoms with van der Waals surface area (Å²) in [6.07, 6.45) is 8.19. The van der Waals surface area contributed by atoms with Crippen LogP contribution < -0.4 is 4.72 Å². The molecule has 0 fully saturated rings. The average Bonchev–Trinajstić information content (AvgIpc) is 3.49. The zero-order valence-electron chi connectivity index (χ0n) is 24.2. The van der Waals surface area contributed by atoms with Crippen LogP contribution in [0, 0.1) is 0 Å². The standard InChI is InChI=1S/C32H26N2S2.C4H10O/c1-4-21(18-23(5-2)33-35-3)22-14-16-26-25-10-6-8-12-29(25)34(30(26)19-22)24-15-17-32-28(20-24)27-11-7-9-13-31(27)36-32;1-4(2,3)5/h4-20,33H,2H2,1,3H3;5H,1-3H3/b21-4+,23-18+;. The van der Waals surface area contributed by atoms with Crippen LogP contribution in [0.5, 0.6) is 0 Å². The van der Waals surface area contributed by atoms with Crippen LogP contribution in [0.25, 0.3) is 53.2 Å². The summed E-state index contributed by atoms with van der Waals surface area (Å²) in [5.74, 6) is 0. The Hall–Kier alpha value is -3.77. The molecular weight excluding hydrogens is 541 g/mol. The molecule has 0 aliphatic rings. The molecule has 6 aromatic rings. The van der Waals surface area contributed by atoms with E-state index in [0.29, 0.717) is 0 Å². The van der Waals surface area contributed by atoms with Gasteiger partial charge in [0, 0.05) is 48.6 Å². The van der Waals surface area contributed by atoms with Gasteiger partial charge < -0.3 is 14.4 Å². The number of thiophene rings is 1. The van der Waals surface area contributed by atoms with Gasteiger partial charge in [0.25, 0.3) is 0 Å². The van der Waals surface area contributed by atoms with Gasteiger partial charge in [0.2, 0.25) is 0 Å². The van der Waals surface area contributed by atoms with Crippen molar-refractivity contribution in [1.82, 2.24) is 9.29 Å². The molecule has 0 aliphatic heterocycles. The van der Waals surface area contributed by atoms with Crippen LogP contribution in [-0.2, 0) is 0 Å². The highest BCUT2D eigenvalue weighted by Crippen LogP contribution is 2.38. The highest BCUT2D eigenvalue weighted by atomic mass is 32.2. The van der Waals surface area contributed by atoms with E-state index in [1.165, 1.54) is 53.2 Å². The molecule has 41 heavy (non-hydrogen) atoms. The minimum atomic E-state index is -0.500.